The molecule has 2 atom stereocenters. The molecule has 0 unspecified atom stereocenters. The summed E-state index contributed by atoms with van der Waals surface area (Å²) < 4.78 is 0. The number of nitrogens with zero attached hydrogens (tertiary/aromatic N) is 1. The van der Waals surface area contributed by atoms with Crippen LogP contribution in [0.15, 0.2) is 24.4 Å². The van der Waals surface area contributed by atoms with Crippen molar-refractivity contribution in [3.63, 3.8) is 0 Å². The van der Waals surface area contributed by atoms with Crippen LogP contribution >= 0.6 is 0 Å². The minimum absolute atomic E-state index is 0.0452. The lowest BCUT2D eigenvalue weighted by Gasteiger charge is -2.25. The summed E-state index contributed by atoms with van der Waals surface area (Å²) in [5, 5.41) is 10.8. The maximum Gasteiger partial charge on any atom is 0.227 e. The highest BCUT2D eigenvalue weighted by Gasteiger charge is 2.25. The van der Waals surface area contributed by atoms with E-state index in [0.717, 1.165) is 42.3 Å². The van der Waals surface area contributed by atoms with Crippen LogP contribution in [0.2, 0.25) is 0 Å². The summed E-state index contributed by atoms with van der Waals surface area (Å²) in [5.74, 6) is 0.127. The summed E-state index contributed by atoms with van der Waals surface area (Å²) in [6.07, 6.45) is 5.56. The monoisotopic (exact) mass is 258 g/mol. The van der Waals surface area contributed by atoms with Crippen molar-refractivity contribution >= 4 is 22.5 Å². The molecular weight excluding hydrogens is 240 g/mol. The zero-order chi connectivity index (χ0) is 13.2. The standard InChI is InChI=1S/C14H18N4O/c15-11-3-1-2-9(6-11)14(19)17-12-4-5-13-10(7-12)8-16-18-13/h4-5,7-9,11H,1-3,6,15H2,(H,16,18)(H,17,19)/t9-,11+/m1/s1. The Kier molecular flexibility index (Phi) is 3.21. The molecule has 0 radical (unpaired) electrons. The van der Waals surface area contributed by atoms with Gasteiger partial charge < -0.3 is 11.1 Å². The molecule has 0 aliphatic heterocycles. The third-order valence-electron chi connectivity index (χ3n) is 3.79. The van der Waals surface area contributed by atoms with Crippen LogP contribution in [-0.2, 0) is 4.79 Å². The van der Waals surface area contributed by atoms with Crippen LogP contribution < -0.4 is 11.1 Å². The number of fused-ring (bicyclic) bond motifs is 1. The third kappa shape index (κ3) is 2.61. The molecule has 0 saturated heterocycles. The van der Waals surface area contributed by atoms with E-state index in [1.165, 1.54) is 0 Å². The predicted molar refractivity (Wildman–Crippen MR) is 74.7 cm³/mol. The topological polar surface area (TPSA) is 83.8 Å². The number of hydrogen-bond acceptors (Lipinski definition) is 3. The van der Waals surface area contributed by atoms with Gasteiger partial charge in [-0.2, -0.15) is 5.10 Å². The summed E-state index contributed by atoms with van der Waals surface area (Å²) in [5.41, 5.74) is 7.71. The Bertz CT molecular complexity index is 592. The van der Waals surface area contributed by atoms with Crippen LogP contribution in [-0.4, -0.2) is 22.1 Å². The molecule has 4 N–H and O–H groups in total. The lowest BCUT2D eigenvalue weighted by molar-refractivity contribution is -0.120. The van der Waals surface area contributed by atoms with Gasteiger partial charge in [-0.1, -0.05) is 6.42 Å². The average molecular weight is 258 g/mol. The van der Waals surface area contributed by atoms with E-state index in [4.69, 9.17) is 5.73 Å². The lowest BCUT2D eigenvalue weighted by atomic mass is 9.85. The number of nitrogens with two attached hydrogens (primary N) is 1. The SMILES string of the molecule is N[C@H]1CCC[C@@H](C(=O)Nc2ccc3[nH]ncc3c2)C1. The fourth-order valence-corrected chi connectivity index (χ4v) is 2.73. The van der Waals surface area contributed by atoms with E-state index in [0.29, 0.717) is 0 Å². The molecule has 5 nitrogen and oxygen atoms in total. The van der Waals surface area contributed by atoms with Gasteiger partial charge >= 0.3 is 0 Å². The summed E-state index contributed by atoms with van der Waals surface area (Å²) in [4.78, 5) is 12.2. The first kappa shape index (κ1) is 12.2. The second-order valence-corrected chi connectivity index (χ2v) is 5.28. The highest BCUT2D eigenvalue weighted by Crippen LogP contribution is 2.25. The zero-order valence-electron chi connectivity index (χ0n) is 10.7. The van der Waals surface area contributed by atoms with Crippen LogP contribution in [0.25, 0.3) is 10.9 Å². The molecule has 1 aliphatic carbocycles. The molecule has 1 aromatic carbocycles. The van der Waals surface area contributed by atoms with Gasteiger partial charge in [-0.05, 0) is 37.5 Å². The summed E-state index contributed by atoms with van der Waals surface area (Å²) in [6, 6.07) is 5.91. The normalized spacial score (nSPS) is 23.4. The van der Waals surface area contributed by atoms with Gasteiger partial charge in [-0.15, -0.1) is 0 Å². The average Bonchev–Trinajstić information content (AvgIpc) is 2.86. The number of carbonyl (C=O) groups is 1. The minimum Gasteiger partial charge on any atom is -0.328 e. The van der Waals surface area contributed by atoms with Crippen molar-refractivity contribution in [2.24, 2.45) is 11.7 Å². The number of nitrogens with one attached hydrogen (secondary N) is 2. The van der Waals surface area contributed by atoms with Gasteiger partial charge in [0.2, 0.25) is 5.91 Å². The van der Waals surface area contributed by atoms with Gasteiger partial charge in [-0.3, -0.25) is 9.89 Å². The first-order valence-corrected chi connectivity index (χ1v) is 6.72. The number of aromatic amines is 1. The molecule has 3 rings (SSSR count). The molecule has 1 fully saturated rings. The Morgan fingerprint density at radius 2 is 2.32 bits per heavy atom. The first-order chi connectivity index (χ1) is 9.22. The van der Waals surface area contributed by atoms with Crippen molar-refractivity contribution in [3.05, 3.63) is 24.4 Å². The van der Waals surface area contributed by atoms with Crippen molar-refractivity contribution in [1.82, 2.24) is 10.2 Å². The van der Waals surface area contributed by atoms with E-state index in [1.54, 1.807) is 6.20 Å². The largest absolute Gasteiger partial charge is 0.328 e. The number of carbonyl (C=O) groups excluding carboxylic acids is 1. The van der Waals surface area contributed by atoms with Crippen LogP contribution in [0.4, 0.5) is 5.69 Å². The van der Waals surface area contributed by atoms with Gasteiger partial charge in [-0.25, -0.2) is 0 Å². The molecule has 100 valence electrons. The van der Waals surface area contributed by atoms with E-state index < -0.39 is 0 Å². The quantitative estimate of drug-likeness (QED) is 0.770. The predicted octanol–water partition coefficient (Wildman–Crippen LogP) is 2.02. The number of hydrogen-bond donors (Lipinski definition) is 3. The lowest BCUT2D eigenvalue weighted by Crippen LogP contribution is -2.34. The fourth-order valence-electron chi connectivity index (χ4n) is 2.73. The molecule has 0 bridgehead atoms. The minimum atomic E-state index is 0.0452. The van der Waals surface area contributed by atoms with E-state index in [9.17, 15) is 4.79 Å². The highest BCUT2D eigenvalue weighted by atomic mass is 16.1. The second-order valence-electron chi connectivity index (χ2n) is 5.28. The molecule has 1 aromatic heterocycles. The zero-order valence-corrected chi connectivity index (χ0v) is 10.7. The molecule has 2 aromatic rings. The molecule has 1 aliphatic rings. The number of amides is 1. The van der Waals surface area contributed by atoms with Gasteiger partial charge in [0.15, 0.2) is 0 Å². The molecule has 1 heterocycles. The van der Waals surface area contributed by atoms with Crippen molar-refractivity contribution in [3.8, 4) is 0 Å². The maximum atomic E-state index is 12.2. The van der Waals surface area contributed by atoms with E-state index >= 15 is 0 Å². The Hall–Kier alpha value is -1.88. The Morgan fingerprint density at radius 1 is 1.42 bits per heavy atom. The number of H-pyrrole nitrogens is 1. The number of anilines is 1. The molecular formula is C14H18N4O. The van der Waals surface area contributed by atoms with E-state index in [-0.39, 0.29) is 17.9 Å². The number of rotatable bonds is 2. The van der Waals surface area contributed by atoms with Crippen molar-refractivity contribution in [2.45, 2.75) is 31.7 Å². The van der Waals surface area contributed by atoms with Gasteiger partial charge in [0, 0.05) is 23.0 Å². The van der Waals surface area contributed by atoms with Gasteiger partial charge in [0.1, 0.15) is 0 Å². The summed E-state index contributed by atoms with van der Waals surface area (Å²) in [6.45, 7) is 0. The first-order valence-electron chi connectivity index (χ1n) is 6.72. The Morgan fingerprint density at radius 3 is 3.16 bits per heavy atom. The third-order valence-corrected chi connectivity index (χ3v) is 3.79. The van der Waals surface area contributed by atoms with Gasteiger partial charge in [0.25, 0.3) is 0 Å². The van der Waals surface area contributed by atoms with Crippen LogP contribution in [0.1, 0.15) is 25.7 Å². The number of aromatic nitrogens is 2. The van der Waals surface area contributed by atoms with E-state index in [1.807, 2.05) is 18.2 Å². The smallest absolute Gasteiger partial charge is 0.227 e. The summed E-state index contributed by atoms with van der Waals surface area (Å²) in [7, 11) is 0. The fraction of sp³-hybridized carbons (Fsp3) is 0.429. The number of benzene rings is 1. The van der Waals surface area contributed by atoms with Crippen molar-refractivity contribution < 1.29 is 4.79 Å². The summed E-state index contributed by atoms with van der Waals surface area (Å²) >= 11 is 0. The highest BCUT2D eigenvalue weighted by molar-refractivity contribution is 5.94. The van der Waals surface area contributed by atoms with E-state index in [2.05, 4.69) is 15.5 Å². The molecule has 19 heavy (non-hydrogen) atoms. The molecule has 0 spiro atoms. The Labute approximate surface area is 111 Å². The molecule has 5 heteroatoms. The molecule has 1 saturated carbocycles. The van der Waals surface area contributed by atoms with Crippen LogP contribution in [0.5, 0.6) is 0 Å². The van der Waals surface area contributed by atoms with Crippen molar-refractivity contribution in [1.29, 1.82) is 0 Å². The Balaban J connectivity index is 1.71. The van der Waals surface area contributed by atoms with Gasteiger partial charge in [0.05, 0.1) is 11.7 Å². The maximum absolute atomic E-state index is 12.2. The van der Waals surface area contributed by atoms with Crippen LogP contribution in [0, 0.1) is 5.92 Å². The van der Waals surface area contributed by atoms with Crippen LogP contribution in [0.3, 0.4) is 0 Å². The van der Waals surface area contributed by atoms with Crippen molar-refractivity contribution in [2.75, 3.05) is 5.32 Å². The molecule has 1 amide bonds. The second kappa shape index (κ2) is 5.01.